The highest BCUT2D eigenvalue weighted by Gasteiger charge is 2.24. The monoisotopic (exact) mass is 319 g/mol. The molecule has 1 aromatic carbocycles. The van der Waals surface area contributed by atoms with Crippen LogP contribution in [0.4, 0.5) is 0 Å². The molecule has 7 nitrogen and oxygen atoms in total. The normalized spacial score (nSPS) is 12.5. The van der Waals surface area contributed by atoms with Crippen molar-refractivity contribution >= 4 is 22.9 Å². The first kappa shape index (κ1) is 16.8. The van der Waals surface area contributed by atoms with Crippen LogP contribution in [0, 0.1) is 5.92 Å². The Kier molecular flexibility index (Phi) is 4.88. The molecule has 0 aliphatic rings. The number of aryl methyl sites for hydroxylation is 1. The average molecular weight is 319 g/mol. The Morgan fingerprint density at radius 1 is 1.17 bits per heavy atom. The minimum Gasteiger partial charge on any atom is -0.480 e. The van der Waals surface area contributed by atoms with Crippen LogP contribution in [0.25, 0.3) is 11.0 Å². The fourth-order valence-corrected chi connectivity index (χ4v) is 2.61. The second-order valence-electron chi connectivity index (χ2n) is 5.73. The molecule has 2 aromatic rings. The highest BCUT2D eigenvalue weighted by molar-refractivity contribution is 5.85. The molecule has 23 heavy (non-hydrogen) atoms. The van der Waals surface area contributed by atoms with Gasteiger partial charge in [-0.25, -0.2) is 9.59 Å². The highest BCUT2D eigenvalue weighted by Crippen LogP contribution is 2.12. The molecule has 1 aromatic heterocycles. The van der Waals surface area contributed by atoms with E-state index >= 15 is 0 Å². The number of imidazole rings is 1. The first-order valence-corrected chi connectivity index (χ1v) is 7.57. The predicted octanol–water partition coefficient (Wildman–Crippen LogP) is 1.05. The van der Waals surface area contributed by atoms with Crippen LogP contribution in [0.3, 0.4) is 0 Å². The molecule has 0 spiro atoms. The molecular formula is C16H21N3O4. The molecule has 2 rings (SSSR count). The van der Waals surface area contributed by atoms with Gasteiger partial charge in [0.2, 0.25) is 5.91 Å². The van der Waals surface area contributed by atoms with Gasteiger partial charge in [-0.1, -0.05) is 26.0 Å². The fourth-order valence-electron chi connectivity index (χ4n) is 2.61. The summed E-state index contributed by atoms with van der Waals surface area (Å²) < 4.78 is 2.95. The minimum absolute atomic E-state index is 0.206. The van der Waals surface area contributed by atoms with Crippen molar-refractivity contribution in [3.05, 3.63) is 34.7 Å². The van der Waals surface area contributed by atoms with Gasteiger partial charge in [-0.15, -0.1) is 0 Å². The molecule has 1 atom stereocenters. The number of carbonyl (C=O) groups is 2. The summed E-state index contributed by atoms with van der Waals surface area (Å²) in [6, 6.07) is 6.25. The average Bonchev–Trinajstić information content (AvgIpc) is 2.76. The number of amides is 1. The van der Waals surface area contributed by atoms with Gasteiger partial charge in [-0.05, 0) is 25.0 Å². The number of carboxylic acid groups (broad SMARTS) is 1. The number of nitrogens with zero attached hydrogens (tertiary/aromatic N) is 2. The quantitative estimate of drug-likeness (QED) is 0.832. The van der Waals surface area contributed by atoms with Gasteiger partial charge in [-0.3, -0.25) is 13.9 Å². The summed E-state index contributed by atoms with van der Waals surface area (Å²) in [5, 5.41) is 11.6. The van der Waals surface area contributed by atoms with Crippen molar-refractivity contribution in [2.24, 2.45) is 5.92 Å². The minimum atomic E-state index is -1.09. The van der Waals surface area contributed by atoms with E-state index in [0.717, 1.165) is 5.52 Å². The van der Waals surface area contributed by atoms with Crippen LogP contribution in [0.1, 0.15) is 20.8 Å². The van der Waals surface area contributed by atoms with E-state index in [-0.39, 0.29) is 18.2 Å². The topological polar surface area (TPSA) is 93.3 Å². The van der Waals surface area contributed by atoms with Crippen LogP contribution in [0.15, 0.2) is 29.1 Å². The summed E-state index contributed by atoms with van der Waals surface area (Å²) in [6.45, 7) is 5.58. The summed E-state index contributed by atoms with van der Waals surface area (Å²) in [7, 11) is 0. The van der Waals surface area contributed by atoms with E-state index in [4.69, 9.17) is 5.11 Å². The summed E-state index contributed by atoms with van der Waals surface area (Å²) in [5.74, 6) is -1.82. The first-order chi connectivity index (χ1) is 10.9. The standard InChI is InChI=1S/C16H21N3O4/c1-4-18-11-7-5-6-8-12(11)19(16(18)23)9-13(20)17-14(10(2)3)15(21)22/h5-8,10,14H,4,9H2,1-3H3,(H,17,20)(H,21,22). The second kappa shape index (κ2) is 6.68. The van der Waals surface area contributed by atoms with Crippen LogP contribution < -0.4 is 11.0 Å². The van der Waals surface area contributed by atoms with E-state index in [1.807, 2.05) is 19.1 Å². The smallest absolute Gasteiger partial charge is 0.329 e. The number of para-hydroxylation sites is 2. The fraction of sp³-hybridized carbons (Fsp3) is 0.438. The summed E-state index contributed by atoms with van der Waals surface area (Å²) in [4.78, 5) is 35.8. The number of hydrogen-bond donors (Lipinski definition) is 2. The number of carboxylic acids is 1. The summed E-state index contributed by atoms with van der Waals surface area (Å²) in [6.07, 6.45) is 0. The van der Waals surface area contributed by atoms with Crippen molar-refractivity contribution < 1.29 is 14.7 Å². The molecule has 1 unspecified atom stereocenters. The lowest BCUT2D eigenvalue weighted by atomic mass is 10.1. The molecule has 1 heterocycles. The van der Waals surface area contributed by atoms with Crippen LogP contribution >= 0.6 is 0 Å². The van der Waals surface area contributed by atoms with Gasteiger partial charge < -0.3 is 10.4 Å². The molecule has 1 amide bonds. The van der Waals surface area contributed by atoms with Crippen LogP contribution in [-0.4, -0.2) is 32.2 Å². The third-order valence-corrected chi connectivity index (χ3v) is 3.79. The number of aromatic nitrogens is 2. The maximum Gasteiger partial charge on any atom is 0.329 e. The summed E-state index contributed by atoms with van der Waals surface area (Å²) >= 11 is 0. The SMILES string of the molecule is CCn1c(=O)n(CC(=O)NC(C(=O)O)C(C)C)c2ccccc21. The van der Waals surface area contributed by atoms with E-state index in [1.54, 1.807) is 30.5 Å². The van der Waals surface area contributed by atoms with Crippen molar-refractivity contribution in [1.82, 2.24) is 14.5 Å². The first-order valence-electron chi connectivity index (χ1n) is 7.57. The molecule has 0 radical (unpaired) electrons. The Morgan fingerprint density at radius 2 is 1.74 bits per heavy atom. The van der Waals surface area contributed by atoms with Gasteiger partial charge >= 0.3 is 11.7 Å². The van der Waals surface area contributed by atoms with Crippen molar-refractivity contribution in [3.8, 4) is 0 Å². The maximum absolute atomic E-state index is 12.4. The molecular weight excluding hydrogens is 298 g/mol. The van der Waals surface area contributed by atoms with Crippen molar-refractivity contribution in [3.63, 3.8) is 0 Å². The van der Waals surface area contributed by atoms with E-state index in [2.05, 4.69) is 5.32 Å². The lowest BCUT2D eigenvalue weighted by molar-refractivity contribution is -0.143. The van der Waals surface area contributed by atoms with E-state index in [1.165, 1.54) is 4.57 Å². The van der Waals surface area contributed by atoms with E-state index < -0.39 is 17.9 Å². The van der Waals surface area contributed by atoms with E-state index in [0.29, 0.717) is 12.1 Å². The maximum atomic E-state index is 12.4. The number of rotatable bonds is 6. The number of carbonyl (C=O) groups excluding carboxylic acids is 1. The molecule has 0 fully saturated rings. The van der Waals surface area contributed by atoms with Gasteiger partial charge in [0.05, 0.1) is 11.0 Å². The molecule has 2 N–H and O–H groups in total. The lowest BCUT2D eigenvalue weighted by Gasteiger charge is -2.17. The molecule has 0 bridgehead atoms. The number of benzene rings is 1. The third kappa shape index (κ3) is 3.28. The second-order valence-corrected chi connectivity index (χ2v) is 5.73. The van der Waals surface area contributed by atoms with Crippen LogP contribution in [0.2, 0.25) is 0 Å². The Hall–Kier alpha value is -2.57. The zero-order chi connectivity index (χ0) is 17.1. The highest BCUT2D eigenvalue weighted by atomic mass is 16.4. The molecule has 0 aliphatic heterocycles. The van der Waals surface area contributed by atoms with Gasteiger partial charge in [0.25, 0.3) is 0 Å². The third-order valence-electron chi connectivity index (χ3n) is 3.79. The largest absolute Gasteiger partial charge is 0.480 e. The van der Waals surface area contributed by atoms with Gasteiger partial charge in [0, 0.05) is 6.54 Å². The molecule has 0 saturated heterocycles. The van der Waals surface area contributed by atoms with Crippen LogP contribution in [0.5, 0.6) is 0 Å². The van der Waals surface area contributed by atoms with Crippen molar-refractivity contribution in [2.75, 3.05) is 0 Å². The molecule has 7 heteroatoms. The number of fused-ring (bicyclic) bond motifs is 1. The van der Waals surface area contributed by atoms with Crippen LogP contribution in [-0.2, 0) is 22.7 Å². The van der Waals surface area contributed by atoms with E-state index in [9.17, 15) is 14.4 Å². The lowest BCUT2D eigenvalue weighted by Crippen LogP contribution is -2.46. The predicted molar refractivity (Wildman–Crippen MR) is 86.3 cm³/mol. The Balaban J connectivity index is 2.32. The number of aliphatic carboxylic acids is 1. The molecule has 0 saturated carbocycles. The van der Waals surface area contributed by atoms with Gasteiger partial charge in [0.1, 0.15) is 12.6 Å². The Bertz CT molecular complexity index is 788. The van der Waals surface area contributed by atoms with Gasteiger partial charge in [-0.2, -0.15) is 0 Å². The zero-order valence-electron chi connectivity index (χ0n) is 13.4. The zero-order valence-corrected chi connectivity index (χ0v) is 13.4. The molecule has 0 aliphatic carbocycles. The number of nitrogens with one attached hydrogen (secondary N) is 1. The van der Waals surface area contributed by atoms with Crippen molar-refractivity contribution in [2.45, 2.75) is 39.9 Å². The number of hydrogen-bond acceptors (Lipinski definition) is 3. The van der Waals surface area contributed by atoms with Gasteiger partial charge in [0.15, 0.2) is 0 Å². The van der Waals surface area contributed by atoms with Crippen molar-refractivity contribution in [1.29, 1.82) is 0 Å². The Labute approximate surface area is 133 Å². The Morgan fingerprint density at radius 3 is 2.22 bits per heavy atom. The summed E-state index contributed by atoms with van der Waals surface area (Å²) in [5.41, 5.74) is 1.14. The molecule has 124 valence electrons.